The summed E-state index contributed by atoms with van der Waals surface area (Å²) >= 11 is 3.45. The molecule has 0 spiro atoms. The molecular weight excluding hydrogens is 330 g/mol. The van der Waals surface area contributed by atoms with E-state index in [0.29, 0.717) is 12.6 Å². The Balaban J connectivity index is 2.00. The molecule has 4 nitrogen and oxygen atoms in total. The molecule has 0 aliphatic rings. The maximum absolute atomic E-state index is 5.30. The minimum Gasteiger partial charge on any atom is -0.495 e. The van der Waals surface area contributed by atoms with E-state index in [-0.39, 0.29) is 0 Å². The molecule has 2 rings (SSSR count). The molecule has 0 radical (unpaired) electrons. The number of hydrogen-bond donors (Lipinski definition) is 1. The maximum atomic E-state index is 5.30. The topological polar surface area (TPSA) is 39.1 Å². The van der Waals surface area contributed by atoms with Crippen molar-refractivity contribution in [2.75, 3.05) is 12.4 Å². The Kier molecular flexibility index (Phi) is 5.67. The van der Waals surface area contributed by atoms with Gasteiger partial charge in [-0.2, -0.15) is 5.10 Å². The van der Waals surface area contributed by atoms with Crippen LogP contribution in [0.25, 0.3) is 0 Å². The molecule has 2 aromatic rings. The van der Waals surface area contributed by atoms with Gasteiger partial charge in [-0.15, -0.1) is 0 Å². The molecule has 1 N–H and O–H groups in total. The van der Waals surface area contributed by atoms with Crippen molar-refractivity contribution in [1.82, 2.24) is 9.78 Å². The van der Waals surface area contributed by atoms with Crippen LogP contribution in [0, 0.1) is 0 Å². The van der Waals surface area contributed by atoms with Gasteiger partial charge in [-0.1, -0.05) is 13.8 Å². The lowest BCUT2D eigenvalue weighted by atomic mass is 10.2. The standard InChI is InChI=1S/C16H22BrN3O/c1-4-14(5-2)20-9-8-13(19-20)11-18-12-6-7-15(17)16(10-12)21-3/h6-10,14,18H,4-5,11H2,1-3H3. The lowest BCUT2D eigenvalue weighted by Crippen LogP contribution is -2.09. The fourth-order valence-electron chi connectivity index (χ4n) is 2.30. The second kappa shape index (κ2) is 7.50. The van der Waals surface area contributed by atoms with E-state index in [4.69, 9.17) is 4.74 Å². The van der Waals surface area contributed by atoms with E-state index < -0.39 is 0 Å². The molecule has 0 amide bonds. The van der Waals surface area contributed by atoms with Crippen molar-refractivity contribution in [2.24, 2.45) is 0 Å². The third-order valence-corrected chi connectivity index (χ3v) is 4.26. The summed E-state index contributed by atoms with van der Waals surface area (Å²) in [5.41, 5.74) is 2.07. The van der Waals surface area contributed by atoms with Gasteiger partial charge in [0, 0.05) is 18.0 Å². The van der Waals surface area contributed by atoms with Gasteiger partial charge in [-0.05, 0) is 47.0 Å². The molecule has 0 bridgehead atoms. The van der Waals surface area contributed by atoms with Crippen molar-refractivity contribution in [3.63, 3.8) is 0 Å². The van der Waals surface area contributed by atoms with E-state index in [2.05, 4.69) is 57.1 Å². The zero-order valence-corrected chi connectivity index (χ0v) is 14.4. The summed E-state index contributed by atoms with van der Waals surface area (Å²) in [4.78, 5) is 0. The monoisotopic (exact) mass is 351 g/mol. The van der Waals surface area contributed by atoms with Crippen LogP contribution in [0.3, 0.4) is 0 Å². The summed E-state index contributed by atoms with van der Waals surface area (Å²) in [6.45, 7) is 5.10. The fraction of sp³-hybridized carbons (Fsp3) is 0.438. The van der Waals surface area contributed by atoms with Crippen molar-refractivity contribution in [3.8, 4) is 5.75 Å². The van der Waals surface area contributed by atoms with Crippen LogP contribution in [-0.4, -0.2) is 16.9 Å². The minimum atomic E-state index is 0.492. The van der Waals surface area contributed by atoms with Gasteiger partial charge in [0.1, 0.15) is 5.75 Å². The van der Waals surface area contributed by atoms with E-state index in [0.717, 1.165) is 34.4 Å². The van der Waals surface area contributed by atoms with Crippen molar-refractivity contribution in [3.05, 3.63) is 40.6 Å². The van der Waals surface area contributed by atoms with Crippen molar-refractivity contribution < 1.29 is 4.74 Å². The molecule has 0 aliphatic carbocycles. The summed E-state index contributed by atoms with van der Waals surface area (Å²) < 4.78 is 8.32. The van der Waals surface area contributed by atoms with Gasteiger partial charge in [-0.3, -0.25) is 4.68 Å². The predicted molar refractivity (Wildman–Crippen MR) is 89.9 cm³/mol. The summed E-state index contributed by atoms with van der Waals surface area (Å²) in [7, 11) is 1.67. The molecule has 0 unspecified atom stereocenters. The van der Waals surface area contributed by atoms with Crippen LogP contribution in [0.15, 0.2) is 34.9 Å². The Morgan fingerprint density at radius 3 is 2.71 bits per heavy atom. The Morgan fingerprint density at radius 2 is 2.05 bits per heavy atom. The van der Waals surface area contributed by atoms with Crippen LogP contribution < -0.4 is 10.1 Å². The molecule has 0 aliphatic heterocycles. The first kappa shape index (κ1) is 15.9. The van der Waals surface area contributed by atoms with Crippen LogP contribution in [0.1, 0.15) is 38.4 Å². The highest BCUT2D eigenvalue weighted by atomic mass is 79.9. The van der Waals surface area contributed by atoms with E-state index in [1.54, 1.807) is 7.11 Å². The average molecular weight is 352 g/mol. The van der Waals surface area contributed by atoms with Gasteiger partial charge < -0.3 is 10.1 Å². The zero-order chi connectivity index (χ0) is 15.2. The quantitative estimate of drug-likeness (QED) is 0.790. The van der Waals surface area contributed by atoms with E-state index in [1.165, 1.54) is 0 Å². The van der Waals surface area contributed by atoms with Crippen LogP contribution in [-0.2, 0) is 6.54 Å². The SMILES string of the molecule is CCC(CC)n1ccc(CNc2ccc(Br)c(OC)c2)n1. The maximum Gasteiger partial charge on any atom is 0.135 e. The van der Waals surface area contributed by atoms with Gasteiger partial charge in [0.05, 0.1) is 29.9 Å². The first-order valence-electron chi connectivity index (χ1n) is 7.29. The molecule has 1 aromatic heterocycles. The number of ether oxygens (including phenoxy) is 1. The summed E-state index contributed by atoms with van der Waals surface area (Å²) in [5, 5.41) is 8.02. The second-order valence-electron chi connectivity index (χ2n) is 4.96. The molecule has 0 saturated carbocycles. The number of benzene rings is 1. The minimum absolute atomic E-state index is 0.492. The van der Waals surface area contributed by atoms with Crippen molar-refractivity contribution in [1.29, 1.82) is 0 Å². The summed E-state index contributed by atoms with van der Waals surface area (Å²) in [5.74, 6) is 0.822. The second-order valence-corrected chi connectivity index (χ2v) is 5.81. The Bertz CT molecular complexity index is 579. The highest BCUT2D eigenvalue weighted by molar-refractivity contribution is 9.10. The number of nitrogens with zero attached hydrogens (tertiary/aromatic N) is 2. The first-order chi connectivity index (χ1) is 10.2. The van der Waals surface area contributed by atoms with Crippen molar-refractivity contribution >= 4 is 21.6 Å². The van der Waals surface area contributed by atoms with E-state index in [1.807, 2.05) is 18.2 Å². The van der Waals surface area contributed by atoms with Crippen molar-refractivity contribution in [2.45, 2.75) is 39.3 Å². The zero-order valence-electron chi connectivity index (χ0n) is 12.8. The molecule has 0 fully saturated rings. The molecule has 0 saturated heterocycles. The van der Waals surface area contributed by atoms with Crippen LogP contribution in [0.4, 0.5) is 5.69 Å². The summed E-state index contributed by atoms with van der Waals surface area (Å²) in [6, 6.07) is 8.53. The predicted octanol–water partition coefficient (Wildman–Crippen LogP) is 4.63. The van der Waals surface area contributed by atoms with Gasteiger partial charge in [-0.25, -0.2) is 0 Å². The molecule has 1 aromatic carbocycles. The Morgan fingerprint density at radius 1 is 1.29 bits per heavy atom. The molecular formula is C16H22BrN3O. The largest absolute Gasteiger partial charge is 0.495 e. The number of nitrogens with one attached hydrogen (secondary N) is 1. The smallest absolute Gasteiger partial charge is 0.135 e. The van der Waals surface area contributed by atoms with Crippen LogP contribution in [0.5, 0.6) is 5.75 Å². The molecule has 1 heterocycles. The highest BCUT2D eigenvalue weighted by Crippen LogP contribution is 2.28. The molecule has 5 heteroatoms. The number of hydrogen-bond acceptors (Lipinski definition) is 3. The lowest BCUT2D eigenvalue weighted by molar-refractivity contribution is 0.412. The van der Waals surface area contributed by atoms with Gasteiger partial charge in [0.25, 0.3) is 0 Å². The molecule has 114 valence electrons. The third-order valence-electron chi connectivity index (χ3n) is 3.60. The lowest BCUT2D eigenvalue weighted by Gasteiger charge is -2.12. The fourth-order valence-corrected chi connectivity index (χ4v) is 2.71. The van der Waals surface area contributed by atoms with Crippen LogP contribution >= 0.6 is 15.9 Å². The number of methoxy groups -OCH3 is 1. The third kappa shape index (κ3) is 4.00. The van der Waals surface area contributed by atoms with E-state index >= 15 is 0 Å². The van der Waals surface area contributed by atoms with Gasteiger partial charge in [0.15, 0.2) is 0 Å². The Labute approximate surface area is 134 Å². The Hall–Kier alpha value is -1.49. The number of halogens is 1. The van der Waals surface area contributed by atoms with Gasteiger partial charge >= 0.3 is 0 Å². The van der Waals surface area contributed by atoms with E-state index in [9.17, 15) is 0 Å². The molecule has 21 heavy (non-hydrogen) atoms. The first-order valence-corrected chi connectivity index (χ1v) is 8.08. The number of anilines is 1. The number of rotatable bonds is 7. The average Bonchev–Trinajstić information content (AvgIpc) is 2.96. The normalized spacial score (nSPS) is 10.9. The number of aromatic nitrogens is 2. The van der Waals surface area contributed by atoms with Crippen LogP contribution in [0.2, 0.25) is 0 Å². The highest BCUT2D eigenvalue weighted by Gasteiger charge is 2.08. The molecule has 0 atom stereocenters. The van der Waals surface area contributed by atoms with Gasteiger partial charge in [0.2, 0.25) is 0 Å². The summed E-state index contributed by atoms with van der Waals surface area (Å²) in [6.07, 6.45) is 4.28.